The molecule has 4 nitrogen and oxygen atoms in total. The van der Waals surface area contributed by atoms with Crippen LogP contribution in [0, 0.1) is 6.92 Å². The number of thiophene rings is 1. The number of hydrogen-bond acceptors (Lipinski definition) is 3. The summed E-state index contributed by atoms with van der Waals surface area (Å²) in [7, 11) is 0. The normalized spacial score (nSPS) is 10.1. The molecule has 0 aliphatic heterocycles. The van der Waals surface area contributed by atoms with Crippen LogP contribution >= 0.6 is 27.3 Å². The number of halogens is 1. The van der Waals surface area contributed by atoms with Gasteiger partial charge in [0.2, 0.25) is 5.91 Å². The molecule has 2 aromatic rings. The van der Waals surface area contributed by atoms with Gasteiger partial charge in [0.15, 0.2) is 0 Å². The standard InChI is InChI=1S/C14H13BrN2O2S/c1-9-5-6-12(20-9)14(19)16-8-13(18)17-11-4-2-3-10(15)7-11/h2-7H,8H2,1H3,(H,16,19)(H,17,18). The van der Waals surface area contributed by atoms with Gasteiger partial charge in [-0.25, -0.2) is 0 Å². The first-order chi connectivity index (χ1) is 9.54. The fourth-order valence-electron chi connectivity index (χ4n) is 1.58. The van der Waals surface area contributed by atoms with Crippen LogP contribution in [0.2, 0.25) is 0 Å². The minimum atomic E-state index is -0.260. The average molecular weight is 353 g/mol. The molecule has 0 unspecified atom stereocenters. The van der Waals surface area contributed by atoms with Crippen molar-refractivity contribution in [2.24, 2.45) is 0 Å². The maximum absolute atomic E-state index is 11.8. The van der Waals surface area contributed by atoms with Gasteiger partial charge in [0.1, 0.15) is 0 Å². The van der Waals surface area contributed by atoms with Gasteiger partial charge in [-0.1, -0.05) is 22.0 Å². The Morgan fingerprint density at radius 3 is 2.70 bits per heavy atom. The zero-order valence-electron chi connectivity index (χ0n) is 10.8. The molecule has 0 aliphatic rings. The second-order valence-electron chi connectivity index (χ2n) is 4.15. The van der Waals surface area contributed by atoms with Crippen LogP contribution in [0.4, 0.5) is 5.69 Å². The Morgan fingerprint density at radius 1 is 1.25 bits per heavy atom. The van der Waals surface area contributed by atoms with Crippen molar-refractivity contribution >= 4 is 44.8 Å². The van der Waals surface area contributed by atoms with E-state index in [0.29, 0.717) is 10.6 Å². The molecule has 0 radical (unpaired) electrons. The van der Waals surface area contributed by atoms with E-state index in [0.717, 1.165) is 9.35 Å². The van der Waals surface area contributed by atoms with Gasteiger partial charge in [0, 0.05) is 15.0 Å². The smallest absolute Gasteiger partial charge is 0.261 e. The van der Waals surface area contributed by atoms with Crippen molar-refractivity contribution in [2.75, 3.05) is 11.9 Å². The first kappa shape index (κ1) is 14.7. The highest BCUT2D eigenvalue weighted by atomic mass is 79.9. The first-order valence-electron chi connectivity index (χ1n) is 5.94. The van der Waals surface area contributed by atoms with Crippen molar-refractivity contribution < 1.29 is 9.59 Å². The summed E-state index contributed by atoms with van der Waals surface area (Å²) in [5, 5.41) is 5.31. The molecule has 1 aromatic heterocycles. The number of carbonyl (C=O) groups is 2. The minimum absolute atomic E-state index is 0.0533. The molecule has 1 heterocycles. The van der Waals surface area contributed by atoms with E-state index in [1.807, 2.05) is 25.1 Å². The molecule has 2 amide bonds. The van der Waals surface area contributed by atoms with Crippen LogP contribution in [-0.4, -0.2) is 18.4 Å². The highest BCUT2D eigenvalue weighted by Gasteiger charge is 2.09. The average Bonchev–Trinajstić information content (AvgIpc) is 2.83. The Bertz CT molecular complexity index is 640. The van der Waals surface area contributed by atoms with E-state index in [-0.39, 0.29) is 18.4 Å². The van der Waals surface area contributed by atoms with Crippen molar-refractivity contribution in [1.29, 1.82) is 0 Å². The number of rotatable bonds is 4. The number of benzene rings is 1. The van der Waals surface area contributed by atoms with Crippen LogP contribution in [0.3, 0.4) is 0 Å². The molecule has 0 atom stereocenters. The number of aryl methyl sites for hydroxylation is 1. The topological polar surface area (TPSA) is 58.2 Å². The second-order valence-corrected chi connectivity index (χ2v) is 6.36. The van der Waals surface area contributed by atoms with Gasteiger partial charge in [-0.3, -0.25) is 9.59 Å². The van der Waals surface area contributed by atoms with Gasteiger partial charge in [-0.05, 0) is 37.3 Å². The molecule has 0 bridgehead atoms. The van der Waals surface area contributed by atoms with Gasteiger partial charge in [-0.2, -0.15) is 0 Å². The van der Waals surface area contributed by atoms with Crippen LogP contribution in [0.15, 0.2) is 40.9 Å². The lowest BCUT2D eigenvalue weighted by molar-refractivity contribution is -0.115. The maximum atomic E-state index is 11.8. The van der Waals surface area contributed by atoms with E-state index in [4.69, 9.17) is 0 Å². The zero-order chi connectivity index (χ0) is 14.5. The predicted molar refractivity (Wildman–Crippen MR) is 84.2 cm³/mol. The van der Waals surface area contributed by atoms with Gasteiger partial charge in [0.25, 0.3) is 5.91 Å². The molecule has 2 rings (SSSR count). The molecule has 0 spiro atoms. The largest absolute Gasteiger partial charge is 0.342 e. The molecule has 0 saturated carbocycles. The Morgan fingerprint density at radius 2 is 2.05 bits per heavy atom. The highest BCUT2D eigenvalue weighted by Crippen LogP contribution is 2.16. The van der Waals surface area contributed by atoms with E-state index in [1.54, 1.807) is 18.2 Å². The van der Waals surface area contributed by atoms with Gasteiger partial charge < -0.3 is 10.6 Å². The second kappa shape index (κ2) is 6.67. The number of carbonyl (C=O) groups excluding carboxylic acids is 2. The summed E-state index contributed by atoms with van der Waals surface area (Å²) in [6.45, 7) is 1.88. The van der Waals surface area contributed by atoms with Crippen LogP contribution < -0.4 is 10.6 Å². The van der Waals surface area contributed by atoms with Crippen molar-refractivity contribution in [1.82, 2.24) is 5.32 Å². The molecule has 0 saturated heterocycles. The quantitative estimate of drug-likeness (QED) is 0.887. The van der Waals surface area contributed by atoms with Crippen molar-refractivity contribution in [3.05, 3.63) is 50.6 Å². The third-order valence-electron chi connectivity index (χ3n) is 2.48. The van der Waals surface area contributed by atoms with E-state index in [9.17, 15) is 9.59 Å². The van der Waals surface area contributed by atoms with Crippen molar-refractivity contribution in [3.63, 3.8) is 0 Å². The number of amides is 2. The zero-order valence-corrected chi connectivity index (χ0v) is 13.2. The Hall–Kier alpha value is -1.66. The van der Waals surface area contributed by atoms with E-state index in [1.165, 1.54) is 11.3 Å². The summed E-state index contributed by atoms with van der Waals surface area (Å²) in [5.74, 6) is -0.489. The molecule has 20 heavy (non-hydrogen) atoms. The summed E-state index contributed by atoms with van der Waals surface area (Å²) in [5.41, 5.74) is 0.686. The number of hydrogen-bond donors (Lipinski definition) is 2. The number of nitrogens with one attached hydrogen (secondary N) is 2. The van der Waals surface area contributed by atoms with Gasteiger partial charge in [0.05, 0.1) is 11.4 Å². The Balaban J connectivity index is 1.85. The highest BCUT2D eigenvalue weighted by molar-refractivity contribution is 9.10. The molecule has 104 valence electrons. The monoisotopic (exact) mass is 352 g/mol. The van der Waals surface area contributed by atoms with Crippen molar-refractivity contribution in [3.8, 4) is 0 Å². The number of anilines is 1. The van der Waals surface area contributed by atoms with Crippen LogP contribution in [0.1, 0.15) is 14.5 Å². The fourth-order valence-corrected chi connectivity index (χ4v) is 2.76. The predicted octanol–water partition coefficient (Wildman–Crippen LogP) is 3.19. The Labute approximate surface area is 129 Å². The molecular weight excluding hydrogens is 340 g/mol. The third-order valence-corrected chi connectivity index (χ3v) is 3.97. The summed E-state index contributed by atoms with van der Waals surface area (Å²) >= 11 is 4.73. The van der Waals surface area contributed by atoms with Crippen LogP contribution in [-0.2, 0) is 4.79 Å². The molecule has 6 heteroatoms. The van der Waals surface area contributed by atoms with Gasteiger partial charge in [-0.15, -0.1) is 11.3 Å². The van der Waals surface area contributed by atoms with Gasteiger partial charge >= 0.3 is 0 Å². The minimum Gasteiger partial charge on any atom is -0.342 e. The van der Waals surface area contributed by atoms with Crippen LogP contribution in [0.5, 0.6) is 0 Å². The summed E-state index contributed by atoms with van der Waals surface area (Å²) in [6.07, 6.45) is 0. The van der Waals surface area contributed by atoms with E-state index >= 15 is 0 Å². The molecule has 0 aliphatic carbocycles. The lowest BCUT2D eigenvalue weighted by Gasteiger charge is -2.06. The summed E-state index contributed by atoms with van der Waals surface area (Å²) < 4.78 is 0.883. The third kappa shape index (κ3) is 4.18. The lowest BCUT2D eigenvalue weighted by atomic mass is 10.3. The fraction of sp³-hybridized carbons (Fsp3) is 0.143. The first-order valence-corrected chi connectivity index (χ1v) is 7.55. The van der Waals surface area contributed by atoms with Crippen LogP contribution in [0.25, 0.3) is 0 Å². The molecule has 0 fully saturated rings. The lowest BCUT2D eigenvalue weighted by Crippen LogP contribution is -2.32. The SMILES string of the molecule is Cc1ccc(C(=O)NCC(=O)Nc2cccc(Br)c2)s1. The van der Waals surface area contributed by atoms with Crippen molar-refractivity contribution in [2.45, 2.75) is 6.92 Å². The van der Waals surface area contributed by atoms with E-state index < -0.39 is 0 Å². The molecule has 1 aromatic carbocycles. The summed E-state index contributed by atoms with van der Waals surface area (Å²) in [4.78, 5) is 25.2. The molecular formula is C14H13BrN2O2S. The van der Waals surface area contributed by atoms with E-state index in [2.05, 4.69) is 26.6 Å². The summed E-state index contributed by atoms with van der Waals surface area (Å²) in [6, 6.07) is 10.9. The maximum Gasteiger partial charge on any atom is 0.261 e. The molecule has 2 N–H and O–H groups in total. The Kier molecular flexibility index (Phi) is 4.92.